The van der Waals surface area contributed by atoms with Gasteiger partial charge < -0.3 is 5.32 Å². The smallest absolute Gasteiger partial charge is 0.238 e. The molecular weight excluding hydrogens is 256 g/mol. The van der Waals surface area contributed by atoms with Crippen molar-refractivity contribution < 1.29 is 4.79 Å². The quantitative estimate of drug-likeness (QED) is 0.915. The molecule has 0 spiro atoms. The third kappa shape index (κ3) is 3.37. The maximum absolute atomic E-state index is 11.2. The molecule has 0 fully saturated rings. The summed E-state index contributed by atoms with van der Waals surface area (Å²) in [4.78, 5) is 11.2. The first kappa shape index (κ1) is 11.7. The zero-order valence-corrected chi connectivity index (χ0v) is 9.97. The van der Waals surface area contributed by atoms with Crippen molar-refractivity contribution >= 4 is 27.5 Å². The average Bonchev–Trinajstić information content (AvgIpc) is 2.18. The van der Waals surface area contributed by atoms with Crippen molar-refractivity contribution in [3.63, 3.8) is 0 Å². The first-order chi connectivity index (χ1) is 7.17. The average molecular weight is 267 g/mol. The van der Waals surface area contributed by atoms with E-state index in [1.54, 1.807) is 0 Å². The van der Waals surface area contributed by atoms with E-state index in [0.29, 0.717) is 0 Å². The van der Waals surface area contributed by atoms with E-state index < -0.39 is 0 Å². The molecular formula is C11H11BrN2O. The lowest BCUT2D eigenvalue weighted by atomic mass is 10.1. The van der Waals surface area contributed by atoms with Gasteiger partial charge in [0, 0.05) is 10.2 Å². The number of hydrogen-bond acceptors (Lipinski definition) is 2. The van der Waals surface area contributed by atoms with Gasteiger partial charge in [0.1, 0.15) is 6.42 Å². The SMILES string of the molecule is CCc1ccc(Br)cc1NC(=O)CC#N. The summed E-state index contributed by atoms with van der Waals surface area (Å²) in [5, 5.41) is 11.1. The predicted octanol–water partition coefficient (Wildman–Crippen LogP) is 2.86. The van der Waals surface area contributed by atoms with Crippen LogP contribution in [-0.2, 0) is 11.2 Å². The number of hydrogen-bond donors (Lipinski definition) is 1. The van der Waals surface area contributed by atoms with Crippen LogP contribution in [0.3, 0.4) is 0 Å². The largest absolute Gasteiger partial charge is 0.325 e. The molecule has 1 aromatic carbocycles. The summed E-state index contributed by atoms with van der Waals surface area (Å²) in [5.74, 6) is -0.273. The minimum Gasteiger partial charge on any atom is -0.325 e. The molecule has 1 amide bonds. The van der Waals surface area contributed by atoms with Crippen LogP contribution < -0.4 is 5.32 Å². The molecule has 0 heterocycles. The van der Waals surface area contributed by atoms with Gasteiger partial charge in [-0.05, 0) is 24.1 Å². The van der Waals surface area contributed by atoms with E-state index in [4.69, 9.17) is 5.26 Å². The second-order valence-corrected chi connectivity index (χ2v) is 3.95. The summed E-state index contributed by atoms with van der Waals surface area (Å²) >= 11 is 3.34. The molecule has 15 heavy (non-hydrogen) atoms. The van der Waals surface area contributed by atoms with Gasteiger partial charge >= 0.3 is 0 Å². The standard InChI is InChI=1S/C11H11BrN2O/c1-2-8-3-4-9(12)7-10(8)14-11(15)5-6-13/h3-4,7H,2,5H2,1H3,(H,14,15). The van der Waals surface area contributed by atoms with Gasteiger partial charge in [-0.1, -0.05) is 28.9 Å². The summed E-state index contributed by atoms with van der Waals surface area (Å²) in [5.41, 5.74) is 1.83. The van der Waals surface area contributed by atoms with Crippen molar-refractivity contribution in [1.29, 1.82) is 5.26 Å². The fourth-order valence-corrected chi connectivity index (χ4v) is 1.60. The Balaban J connectivity index is 2.88. The van der Waals surface area contributed by atoms with Crippen LogP contribution in [0.15, 0.2) is 22.7 Å². The second-order valence-electron chi connectivity index (χ2n) is 3.04. The van der Waals surface area contributed by atoms with Gasteiger partial charge in [0.2, 0.25) is 5.91 Å². The molecule has 3 nitrogen and oxygen atoms in total. The van der Waals surface area contributed by atoms with Gasteiger partial charge in [-0.2, -0.15) is 5.26 Å². The second kappa shape index (κ2) is 5.52. The molecule has 0 aliphatic rings. The lowest BCUT2D eigenvalue weighted by Gasteiger charge is -2.08. The summed E-state index contributed by atoms with van der Waals surface area (Å²) < 4.78 is 0.909. The number of amides is 1. The topological polar surface area (TPSA) is 52.9 Å². The molecule has 0 unspecified atom stereocenters. The Kier molecular flexibility index (Phi) is 4.32. The molecule has 0 bridgehead atoms. The fourth-order valence-electron chi connectivity index (χ4n) is 1.24. The van der Waals surface area contributed by atoms with Gasteiger partial charge in [0.05, 0.1) is 6.07 Å². The summed E-state index contributed by atoms with van der Waals surface area (Å²) in [6.45, 7) is 2.02. The Labute approximate surface area is 97.2 Å². The van der Waals surface area contributed by atoms with Gasteiger partial charge in [-0.25, -0.2) is 0 Å². The molecule has 0 saturated carbocycles. The zero-order valence-electron chi connectivity index (χ0n) is 8.38. The third-order valence-electron chi connectivity index (χ3n) is 1.97. The highest BCUT2D eigenvalue weighted by molar-refractivity contribution is 9.10. The summed E-state index contributed by atoms with van der Waals surface area (Å²) in [7, 11) is 0. The van der Waals surface area contributed by atoms with Crippen molar-refractivity contribution in [1.82, 2.24) is 0 Å². The number of carbonyl (C=O) groups excluding carboxylic acids is 1. The molecule has 1 rings (SSSR count). The molecule has 4 heteroatoms. The predicted molar refractivity (Wildman–Crippen MR) is 62.4 cm³/mol. The van der Waals surface area contributed by atoms with Gasteiger partial charge in [0.25, 0.3) is 0 Å². The number of nitriles is 1. The van der Waals surface area contributed by atoms with Crippen LogP contribution >= 0.6 is 15.9 Å². The van der Waals surface area contributed by atoms with E-state index in [2.05, 4.69) is 21.2 Å². The van der Waals surface area contributed by atoms with Crippen LogP contribution in [0.5, 0.6) is 0 Å². The van der Waals surface area contributed by atoms with E-state index in [1.165, 1.54) is 0 Å². The van der Waals surface area contributed by atoms with Gasteiger partial charge in [-0.15, -0.1) is 0 Å². The molecule has 0 radical (unpaired) electrons. The Morgan fingerprint density at radius 2 is 2.33 bits per heavy atom. The Hall–Kier alpha value is -1.34. The minimum absolute atomic E-state index is 0.115. The minimum atomic E-state index is -0.273. The number of nitrogens with zero attached hydrogens (tertiary/aromatic N) is 1. The number of benzene rings is 1. The van der Waals surface area contributed by atoms with Crippen molar-refractivity contribution in [3.05, 3.63) is 28.2 Å². The molecule has 0 saturated heterocycles. The third-order valence-corrected chi connectivity index (χ3v) is 2.46. The van der Waals surface area contributed by atoms with Crippen LogP contribution in [0.25, 0.3) is 0 Å². The van der Waals surface area contributed by atoms with E-state index in [9.17, 15) is 4.79 Å². The highest BCUT2D eigenvalue weighted by Crippen LogP contribution is 2.21. The molecule has 0 atom stereocenters. The van der Waals surface area contributed by atoms with Gasteiger partial charge in [-0.3, -0.25) is 4.79 Å². The fraction of sp³-hybridized carbons (Fsp3) is 0.273. The number of nitrogens with one attached hydrogen (secondary N) is 1. The Morgan fingerprint density at radius 3 is 2.93 bits per heavy atom. The summed E-state index contributed by atoms with van der Waals surface area (Å²) in [6, 6.07) is 7.54. The van der Waals surface area contributed by atoms with Crippen LogP contribution in [-0.4, -0.2) is 5.91 Å². The number of carbonyl (C=O) groups is 1. The van der Waals surface area contributed by atoms with E-state index in [0.717, 1.165) is 22.1 Å². The lowest BCUT2D eigenvalue weighted by molar-refractivity contribution is -0.115. The van der Waals surface area contributed by atoms with E-state index >= 15 is 0 Å². The Bertz CT molecular complexity index is 410. The molecule has 1 N–H and O–H groups in total. The van der Waals surface area contributed by atoms with Crippen LogP contribution in [0, 0.1) is 11.3 Å². The van der Waals surface area contributed by atoms with E-state index in [-0.39, 0.29) is 12.3 Å². The lowest BCUT2D eigenvalue weighted by Crippen LogP contribution is -2.11. The number of rotatable bonds is 3. The first-order valence-corrected chi connectivity index (χ1v) is 5.42. The molecule has 0 aliphatic carbocycles. The van der Waals surface area contributed by atoms with Crippen molar-refractivity contribution in [2.45, 2.75) is 19.8 Å². The maximum Gasteiger partial charge on any atom is 0.238 e. The molecule has 78 valence electrons. The molecule has 1 aromatic rings. The first-order valence-electron chi connectivity index (χ1n) is 4.62. The molecule has 0 aromatic heterocycles. The van der Waals surface area contributed by atoms with Crippen molar-refractivity contribution in [2.24, 2.45) is 0 Å². The highest BCUT2D eigenvalue weighted by Gasteiger charge is 2.05. The number of anilines is 1. The normalized spacial score (nSPS) is 9.40. The number of aryl methyl sites for hydroxylation is 1. The molecule has 0 aliphatic heterocycles. The Morgan fingerprint density at radius 1 is 1.60 bits per heavy atom. The highest BCUT2D eigenvalue weighted by atomic mass is 79.9. The van der Waals surface area contributed by atoms with Crippen molar-refractivity contribution in [2.75, 3.05) is 5.32 Å². The summed E-state index contributed by atoms with van der Waals surface area (Å²) in [6.07, 6.45) is 0.727. The van der Waals surface area contributed by atoms with Crippen LogP contribution in [0.4, 0.5) is 5.69 Å². The van der Waals surface area contributed by atoms with Crippen LogP contribution in [0.2, 0.25) is 0 Å². The monoisotopic (exact) mass is 266 g/mol. The van der Waals surface area contributed by atoms with Gasteiger partial charge in [0.15, 0.2) is 0 Å². The number of halogens is 1. The zero-order chi connectivity index (χ0) is 11.3. The van der Waals surface area contributed by atoms with E-state index in [1.807, 2.05) is 31.2 Å². The maximum atomic E-state index is 11.2. The van der Waals surface area contributed by atoms with Crippen LogP contribution in [0.1, 0.15) is 18.9 Å². The van der Waals surface area contributed by atoms with Crippen molar-refractivity contribution in [3.8, 4) is 6.07 Å².